The maximum absolute atomic E-state index is 5.53. The van der Waals surface area contributed by atoms with Gasteiger partial charge in [0, 0.05) is 18.5 Å². The predicted molar refractivity (Wildman–Crippen MR) is 62.6 cm³/mol. The first kappa shape index (κ1) is 10.9. The van der Waals surface area contributed by atoms with Crippen LogP contribution in [-0.2, 0) is 13.0 Å². The van der Waals surface area contributed by atoms with E-state index in [2.05, 4.69) is 4.98 Å². The van der Waals surface area contributed by atoms with Crippen molar-refractivity contribution in [3.05, 3.63) is 41.8 Å². The number of aromatic nitrogens is 1. The van der Waals surface area contributed by atoms with E-state index in [1.54, 1.807) is 6.26 Å². The van der Waals surface area contributed by atoms with Crippen LogP contribution in [-0.4, -0.2) is 11.5 Å². The van der Waals surface area contributed by atoms with E-state index in [1.807, 2.05) is 24.3 Å². The molecule has 0 bridgehead atoms. The third-order valence-corrected chi connectivity index (χ3v) is 2.39. The Balaban J connectivity index is 2.21. The van der Waals surface area contributed by atoms with Crippen LogP contribution in [0.4, 0.5) is 0 Å². The highest BCUT2D eigenvalue weighted by atomic mass is 16.3. The Morgan fingerprint density at radius 3 is 2.50 bits per heavy atom. The summed E-state index contributed by atoms with van der Waals surface area (Å²) in [5, 5.41) is 0. The number of hydrogen-bond acceptors (Lipinski definition) is 4. The van der Waals surface area contributed by atoms with Gasteiger partial charge in [-0.2, -0.15) is 0 Å². The summed E-state index contributed by atoms with van der Waals surface area (Å²) in [6, 6.07) is 7.87. The summed E-state index contributed by atoms with van der Waals surface area (Å²) in [4.78, 5) is 4.35. The van der Waals surface area contributed by atoms with Crippen molar-refractivity contribution in [2.24, 2.45) is 11.5 Å². The Labute approximate surface area is 94.3 Å². The minimum Gasteiger partial charge on any atom is -0.444 e. The Bertz CT molecular complexity index is 448. The minimum atomic E-state index is 0.546. The average molecular weight is 217 g/mol. The molecule has 1 heterocycles. The SMILES string of the molecule is NCCc1coc(-c2ccc(CN)cc2)n1. The van der Waals surface area contributed by atoms with Crippen LogP contribution in [0.2, 0.25) is 0 Å². The van der Waals surface area contributed by atoms with Gasteiger partial charge in [-0.25, -0.2) is 4.98 Å². The Kier molecular flexibility index (Phi) is 3.34. The van der Waals surface area contributed by atoms with Crippen LogP contribution >= 0.6 is 0 Å². The molecule has 0 aliphatic rings. The normalized spacial score (nSPS) is 10.6. The van der Waals surface area contributed by atoms with Crippen molar-refractivity contribution in [2.45, 2.75) is 13.0 Å². The Hall–Kier alpha value is -1.65. The number of nitrogens with zero attached hydrogens (tertiary/aromatic N) is 1. The van der Waals surface area contributed by atoms with Crippen LogP contribution in [0.15, 0.2) is 34.9 Å². The fourth-order valence-electron chi connectivity index (χ4n) is 1.49. The number of nitrogens with two attached hydrogens (primary N) is 2. The van der Waals surface area contributed by atoms with Crippen LogP contribution in [0.25, 0.3) is 11.5 Å². The summed E-state index contributed by atoms with van der Waals surface area (Å²) in [5.41, 5.74) is 13.9. The molecule has 4 heteroatoms. The van der Waals surface area contributed by atoms with Crippen molar-refractivity contribution < 1.29 is 4.42 Å². The fourth-order valence-corrected chi connectivity index (χ4v) is 1.49. The van der Waals surface area contributed by atoms with Gasteiger partial charge in [-0.05, 0) is 24.2 Å². The van der Waals surface area contributed by atoms with Crippen LogP contribution in [0, 0.1) is 0 Å². The number of hydrogen-bond donors (Lipinski definition) is 2. The molecule has 4 N–H and O–H groups in total. The lowest BCUT2D eigenvalue weighted by atomic mass is 10.1. The van der Waals surface area contributed by atoms with E-state index in [0.717, 1.165) is 23.2 Å². The maximum atomic E-state index is 5.53. The predicted octanol–water partition coefficient (Wildman–Crippen LogP) is 1.30. The average Bonchev–Trinajstić information content (AvgIpc) is 2.78. The van der Waals surface area contributed by atoms with Gasteiger partial charge in [0.1, 0.15) is 6.26 Å². The zero-order chi connectivity index (χ0) is 11.4. The lowest BCUT2D eigenvalue weighted by Crippen LogP contribution is -2.02. The number of benzene rings is 1. The second-order valence-electron chi connectivity index (χ2n) is 3.58. The summed E-state index contributed by atoms with van der Waals surface area (Å²) in [6.07, 6.45) is 2.39. The number of oxazole rings is 1. The zero-order valence-electron chi connectivity index (χ0n) is 9.02. The maximum Gasteiger partial charge on any atom is 0.226 e. The first-order valence-electron chi connectivity index (χ1n) is 5.27. The molecule has 1 aromatic carbocycles. The van der Waals surface area contributed by atoms with Crippen molar-refractivity contribution in [1.29, 1.82) is 0 Å². The van der Waals surface area contributed by atoms with Gasteiger partial charge < -0.3 is 15.9 Å². The summed E-state index contributed by atoms with van der Waals surface area (Å²) in [7, 11) is 0. The van der Waals surface area contributed by atoms with Crippen molar-refractivity contribution in [1.82, 2.24) is 4.98 Å². The van der Waals surface area contributed by atoms with E-state index in [4.69, 9.17) is 15.9 Å². The minimum absolute atomic E-state index is 0.546. The standard InChI is InChI=1S/C12H15N3O/c13-6-5-11-8-16-12(15-11)10-3-1-9(7-14)2-4-10/h1-4,8H,5-7,13-14H2. The van der Waals surface area contributed by atoms with E-state index >= 15 is 0 Å². The highest BCUT2D eigenvalue weighted by Gasteiger charge is 2.05. The monoisotopic (exact) mass is 217 g/mol. The van der Waals surface area contributed by atoms with E-state index in [9.17, 15) is 0 Å². The number of rotatable bonds is 4. The quantitative estimate of drug-likeness (QED) is 0.809. The van der Waals surface area contributed by atoms with E-state index in [-0.39, 0.29) is 0 Å². The molecule has 16 heavy (non-hydrogen) atoms. The highest BCUT2D eigenvalue weighted by Crippen LogP contribution is 2.19. The van der Waals surface area contributed by atoms with E-state index in [1.165, 1.54) is 0 Å². The second kappa shape index (κ2) is 4.92. The molecule has 0 spiro atoms. The van der Waals surface area contributed by atoms with Gasteiger partial charge in [-0.3, -0.25) is 0 Å². The highest BCUT2D eigenvalue weighted by molar-refractivity contribution is 5.53. The molecule has 0 fully saturated rings. The van der Waals surface area contributed by atoms with Crippen LogP contribution < -0.4 is 11.5 Å². The summed E-state index contributed by atoms with van der Waals surface area (Å²) in [6.45, 7) is 1.13. The Morgan fingerprint density at radius 1 is 1.12 bits per heavy atom. The zero-order valence-corrected chi connectivity index (χ0v) is 9.02. The molecule has 0 aliphatic heterocycles. The van der Waals surface area contributed by atoms with Gasteiger partial charge >= 0.3 is 0 Å². The lowest BCUT2D eigenvalue weighted by molar-refractivity contribution is 0.572. The molecule has 4 nitrogen and oxygen atoms in total. The summed E-state index contributed by atoms with van der Waals surface area (Å²) in [5.74, 6) is 0.632. The van der Waals surface area contributed by atoms with Crippen molar-refractivity contribution in [3.8, 4) is 11.5 Å². The molecule has 2 rings (SSSR count). The molecule has 0 aliphatic carbocycles. The molecular weight excluding hydrogens is 202 g/mol. The molecule has 0 atom stereocenters. The van der Waals surface area contributed by atoms with Gasteiger partial charge in [-0.15, -0.1) is 0 Å². The second-order valence-corrected chi connectivity index (χ2v) is 3.58. The Morgan fingerprint density at radius 2 is 1.88 bits per heavy atom. The largest absolute Gasteiger partial charge is 0.444 e. The first-order valence-corrected chi connectivity index (χ1v) is 5.27. The molecule has 0 saturated heterocycles. The topological polar surface area (TPSA) is 78.1 Å². The van der Waals surface area contributed by atoms with E-state index < -0.39 is 0 Å². The van der Waals surface area contributed by atoms with Gasteiger partial charge in [0.2, 0.25) is 5.89 Å². The molecule has 0 radical (unpaired) electrons. The fraction of sp³-hybridized carbons (Fsp3) is 0.250. The van der Waals surface area contributed by atoms with Crippen LogP contribution in [0.5, 0.6) is 0 Å². The van der Waals surface area contributed by atoms with Gasteiger partial charge in [0.15, 0.2) is 0 Å². The van der Waals surface area contributed by atoms with E-state index in [0.29, 0.717) is 19.0 Å². The molecule has 0 saturated carbocycles. The first-order chi connectivity index (χ1) is 7.83. The molecule has 0 amide bonds. The summed E-state index contributed by atoms with van der Waals surface area (Å²) < 4.78 is 5.38. The third-order valence-electron chi connectivity index (χ3n) is 2.39. The summed E-state index contributed by atoms with van der Waals surface area (Å²) >= 11 is 0. The molecule has 1 aromatic heterocycles. The van der Waals surface area contributed by atoms with Gasteiger partial charge in [0.25, 0.3) is 0 Å². The van der Waals surface area contributed by atoms with Crippen LogP contribution in [0.3, 0.4) is 0 Å². The third kappa shape index (κ3) is 2.29. The molecule has 0 unspecified atom stereocenters. The van der Waals surface area contributed by atoms with Gasteiger partial charge in [-0.1, -0.05) is 12.1 Å². The molecular formula is C12H15N3O. The molecule has 2 aromatic rings. The van der Waals surface area contributed by atoms with Gasteiger partial charge in [0.05, 0.1) is 5.69 Å². The van der Waals surface area contributed by atoms with Crippen molar-refractivity contribution in [3.63, 3.8) is 0 Å². The molecule has 84 valence electrons. The smallest absolute Gasteiger partial charge is 0.226 e. The van der Waals surface area contributed by atoms with Crippen molar-refractivity contribution in [2.75, 3.05) is 6.54 Å². The van der Waals surface area contributed by atoms with Crippen LogP contribution in [0.1, 0.15) is 11.3 Å². The van der Waals surface area contributed by atoms with Crippen molar-refractivity contribution >= 4 is 0 Å². The lowest BCUT2D eigenvalue weighted by Gasteiger charge is -1.97.